The van der Waals surface area contributed by atoms with Crippen LogP contribution in [0.2, 0.25) is 5.02 Å². The molecule has 188 valence electrons. The Kier molecular flexibility index (Phi) is 7.00. The molecule has 7 heteroatoms. The Hall–Kier alpha value is -2.44. The van der Waals surface area contributed by atoms with Crippen molar-refractivity contribution in [1.82, 2.24) is 9.80 Å². The summed E-state index contributed by atoms with van der Waals surface area (Å²) in [6.45, 7) is 10.9. The summed E-state index contributed by atoms with van der Waals surface area (Å²) in [5.74, 6) is -1.68. The molecule has 0 aromatic heterocycles. The van der Waals surface area contributed by atoms with Gasteiger partial charge in [-0.25, -0.2) is 14.1 Å². The number of rotatable bonds is 5. The zero-order valence-corrected chi connectivity index (χ0v) is 21.8. The third-order valence-corrected chi connectivity index (χ3v) is 7.53. The van der Waals surface area contributed by atoms with Crippen LogP contribution in [-0.4, -0.2) is 51.6 Å². The number of nitrogens with zero attached hydrogens (tertiary/aromatic N) is 2. The number of carbonyl (C=O) groups excluding carboxylic acids is 2. The summed E-state index contributed by atoms with van der Waals surface area (Å²) in [6, 6.07) is 13.6. The number of carbonyl (C=O) groups is 2. The molecule has 4 rings (SSSR count). The van der Waals surface area contributed by atoms with Gasteiger partial charge in [0.1, 0.15) is 12.4 Å². The third-order valence-electron chi connectivity index (χ3n) is 7.22. The number of cyclic esters (lactones) is 1. The first-order valence-electron chi connectivity index (χ1n) is 12.2. The molecule has 5 nitrogen and oxygen atoms in total. The highest BCUT2D eigenvalue weighted by molar-refractivity contribution is 6.30. The van der Waals surface area contributed by atoms with E-state index in [1.807, 2.05) is 30.3 Å². The number of amides is 2. The van der Waals surface area contributed by atoms with E-state index in [0.717, 1.165) is 18.4 Å². The predicted octanol–water partition coefficient (Wildman–Crippen LogP) is 6.19. The Bertz CT molecular complexity index is 1100. The smallest absolute Gasteiger partial charge is 0.417 e. The van der Waals surface area contributed by atoms with Gasteiger partial charge in [-0.3, -0.25) is 9.69 Å². The second-order valence-corrected chi connectivity index (χ2v) is 11.6. The van der Waals surface area contributed by atoms with Gasteiger partial charge in [-0.1, -0.05) is 48.0 Å². The molecule has 2 heterocycles. The third kappa shape index (κ3) is 5.10. The van der Waals surface area contributed by atoms with Crippen LogP contribution < -0.4 is 0 Å². The summed E-state index contributed by atoms with van der Waals surface area (Å²) in [4.78, 5) is 30.7. The van der Waals surface area contributed by atoms with Crippen LogP contribution in [0.1, 0.15) is 64.5 Å². The first-order valence-corrected chi connectivity index (χ1v) is 12.6. The molecule has 2 amide bonds. The van der Waals surface area contributed by atoms with Gasteiger partial charge in [-0.05, 0) is 77.1 Å². The molecule has 3 atom stereocenters. The van der Waals surface area contributed by atoms with E-state index < -0.39 is 23.9 Å². The molecule has 2 fully saturated rings. The minimum Gasteiger partial charge on any atom is -0.447 e. The van der Waals surface area contributed by atoms with Gasteiger partial charge in [0.25, 0.3) is 0 Å². The Morgan fingerprint density at radius 3 is 2.51 bits per heavy atom. The first kappa shape index (κ1) is 25.6. The molecular formula is C28H34ClFN2O3. The number of likely N-dealkylation sites (tertiary alicyclic amines) is 1. The van der Waals surface area contributed by atoms with Gasteiger partial charge in [0.05, 0.1) is 17.0 Å². The zero-order valence-electron chi connectivity index (χ0n) is 21.1. The molecule has 2 aromatic carbocycles. The van der Waals surface area contributed by atoms with Crippen molar-refractivity contribution in [3.63, 3.8) is 0 Å². The van der Waals surface area contributed by atoms with Gasteiger partial charge in [-0.2, -0.15) is 0 Å². The van der Waals surface area contributed by atoms with Gasteiger partial charge in [-0.15, -0.1) is 0 Å². The average molecular weight is 501 g/mol. The Labute approximate surface area is 212 Å². The van der Waals surface area contributed by atoms with E-state index in [1.54, 1.807) is 6.07 Å². The van der Waals surface area contributed by atoms with Crippen molar-refractivity contribution in [1.29, 1.82) is 0 Å². The topological polar surface area (TPSA) is 49.9 Å². The second kappa shape index (κ2) is 9.55. The maximum absolute atomic E-state index is 14.6. The van der Waals surface area contributed by atoms with Crippen LogP contribution in [0, 0.1) is 5.82 Å². The summed E-state index contributed by atoms with van der Waals surface area (Å²) >= 11 is 5.98. The maximum Gasteiger partial charge on any atom is 0.417 e. The van der Waals surface area contributed by atoms with Gasteiger partial charge in [0, 0.05) is 17.1 Å². The van der Waals surface area contributed by atoms with Crippen molar-refractivity contribution in [2.24, 2.45) is 0 Å². The standard InChI is InChI=1S/C28H34ClFN2O3/c1-27(2,3)32-23(13-14-28(32,4)5)24(19-11-12-21(29)22(30)16-19)25(33)31-20(17-35-26(31)34)15-18-9-7-6-8-10-18/h6-12,16,20,23-24H,13-15,17H2,1-5H3/t20-,23+,24+/m1/s1. The molecule has 35 heavy (non-hydrogen) atoms. The Morgan fingerprint density at radius 1 is 1.20 bits per heavy atom. The summed E-state index contributed by atoms with van der Waals surface area (Å²) in [5, 5.41) is 0.00177. The van der Waals surface area contributed by atoms with Crippen LogP contribution in [-0.2, 0) is 16.0 Å². The average Bonchev–Trinajstić information content (AvgIpc) is 3.30. The van der Waals surface area contributed by atoms with E-state index in [9.17, 15) is 14.0 Å². The number of imide groups is 1. The minimum atomic E-state index is -0.744. The van der Waals surface area contributed by atoms with Crippen molar-refractivity contribution in [2.75, 3.05) is 6.61 Å². The van der Waals surface area contributed by atoms with Gasteiger partial charge in [0.2, 0.25) is 5.91 Å². The van der Waals surface area contributed by atoms with Gasteiger partial charge in [0.15, 0.2) is 0 Å². The van der Waals surface area contributed by atoms with E-state index in [4.69, 9.17) is 16.3 Å². The van der Waals surface area contributed by atoms with Crippen molar-refractivity contribution in [3.05, 3.63) is 70.5 Å². The highest BCUT2D eigenvalue weighted by Crippen LogP contribution is 2.45. The largest absolute Gasteiger partial charge is 0.447 e. The fraction of sp³-hybridized carbons (Fsp3) is 0.500. The minimum absolute atomic E-state index is 0.00177. The van der Waals surface area contributed by atoms with E-state index in [1.165, 1.54) is 17.0 Å². The Balaban J connectivity index is 1.76. The van der Waals surface area contributed by atoms with Crippen LogP contribution in [0.3, 0.4) is 0 Å². The van der Waals surface area contributed by atoms with Crippen LogP contribution in [0.25, 0.3) is 0 Å². The van der Waals surface area contributed by atoms with E-state index >= 15 is 0 Å². The van der Waals surface area contributed by atoms with Crippen molar-refractivity contribution < 1.29 is 18.7 Å². The molecule has 2 aliphatic heterocycles. The van der Waals surface area contributed by atoms with Crippen molar-refractivity contribution >= 4 is 23.6 Å². The second-order valence-electron chi connectivity index (χ2n) is 11.2. The highest BCUT2D eigenvalue weighted by Gasteiger charge is 2.52. The van der Waals surface area contributed by atoms with Gasteiger partial charge >= 0.3 is 6.09 Å². The Morgan fingerprint density at radius 2 is 1.89 bits per heavy atom. The predicted molar refractivity (Wildman–Crippen MR) is 135 cm³/mol. The molecule has 2 aromatic rings. The van der Waals surface area contributed by atoms with E-state index in [-0.39, 0.29) is 34.7 Å². The van der Waals surface area contributed by atoms with Gasteiger partial charge < -0.3 is 4.74 Å². The van der Waals surface area contributed by atoms with Crippen LogP contribution in [0.15, 0.2) is 48.5 Å². The number of ether oxygens (including phenoxy) is 1. The number of benzene rings is 2. The zero-order chi connectivity index (χ0) is 25.5. The summed E-state index contributed by atoms with van der Waals surface area (Å²) < 4.78 is 20.0. The SMILES string of the molecule is CC(C)(C)N1[C@H]([C@@H](C(=O)N2C(=O)OC[C@H]2Cc2ccccc2)c2ccc(Cl)c(F)c2)CCC1(C)C. The molecule has 2 aliphatic rings. The molecule has 0 unspecified atom stereocenters. The lowest BCUT2D eigenvalue weighted by Crippen LogP contribution is -2.57. The molecule has 2 saturated heterocycles. The molecule has 0 aliphatic carbocycles. The lowest BCUT2D eigenvalue weighted by atomic mass is 9.86. The van der Waals surface area contributed by atoms with Crippen LogP contribution >= 0.6 is 11.6 Å². The quantitative estimate of drug-likeness (QED) is 0.491. The van der Waals surface area contributed by atoms with Crippen LogP contribution in [0.4, 0.5) is 9.18 Å². The number of halogens is 2. The van der Waals surface area contributed by atoms with Crippen molar-refractivity contribution in [3.8, 4) is 0 Å². The fourth-order valence-corrected chi connectivity index (χ4v) is 6.19. The summed E-state index contributed by atoms with van der Waals surface area (Å²) in [5.41, 5.74) is 1.12. The highest BCUT2D eigenvalue weighted by atomic mass is 35.5. The maximum atomic E-state index is 14.6. The first-order chi connectivity index (χ1) is 16.4. The molecule has 0 bridgehead atoms. The fourth-order valence-electron chi connectivity index (χ4n) is 6.07. The van der Waals surface area contributed by atoms with Crippen molar-refractivity contribution in [2.45, 2.75) is 83.0 Å². The molecular weight excluding hydrogens is 467 g/mol. The summed E-state index contributed by atoms with van der Waals surface area (Å²) in [6.07, 6.45) is 1.48. The number of hydrogen-bond donors (Lipinski definition) is 0. The lowest BCUT2D eigenvalue weighted by Gasteiger charge is -2.48. The number of hydrogen-bond acceptors (Lipinski definition) is 4. The normalized spacial score (nSPS) is 23.4. The van der Waals surface area contributed by atoms with E-state index in [0.29, 0.717) is 12.0 Å². The molecule has 0 saturated carbocycles. The van der Waals surface area contributed by atoms with Crippen LogP contribution in [0.5, 0.6) is 0 Å². The molecule has 0 spiro atoms. The summed E-state index contributed by atoms with van der Waals surface area (Å²) in [7, 11) is 0. The monoisotopic (exact) mass is 500 g/mol. The lowest BCUT2D eigenvalue weighted by molar-refractivity contribution is -0.133. The molecule has 0 N–H and O–H groups in total. The van der Waals surface area contributed by atoms with E-state index in [2.05, 4.69) is 39.5 Å². The molecule has 0 radical (unpaired) electrons.